The maximum absolute atomic E-state index is 13.3. The summed E-state index contributed by atoms with van der Waals surface area (Å²) in [6.45, 7) is 5.83. The molecule has 4 heteroatoms. The second-order valence-electron chi connectivity index (χ2n) is 4.99. The fourth-order valence-corrected chi connectivity index (χ4v) is 3.09. The number of nitrogens with two attached hydrogens (primary N) is 1. The minimum absolute atomic E-state index is 0.0855. The Bertz CT molecular complexity index is 582. The van der Waals surface area contributed by atoms with Crippen molar-refractivity contribution in [2.75, 3.05) is 0 Å². The van der Waals surface area contributed by atoms with Gasteiger partial charge in [-0.15, -0.1) is 11.3 Å². The number of rotatable bonds is 5. The Balaban J connectivity index is 2.28. The van der Waals surface area contributed by atoms with Gasteiger partial charge in [0.15, 0.2) is 0 Å². The quantitative estimate of drug-likeness (QED) is 0.889. The lowest BCUT2D eigenvalue weighted by atomic mass is 10.1. The lowest BCUT2D eigenvalue weighted by Crippen LogP contribution is -2.31. The lowest BCUT2D eigenvalue weighted by molar-refractivity contribution is 0.173. The van der Waals surface area contributed by atoms with Gasteiger partial charge in [-0.2, -0.15) is 0 Å². The van der Waals surface area contributed by atoms with Crippen LogP contribution in [0.1, 0.15) is 35.5 Å². The van der Waals surface area contributed by atoms with Gasteiger partial charge in [-0.1, -0.05) is 6.92 Å². The van der Waals surface area contributed by atoms with E-state index >= 15 is 0 Å². The highest BCUT2D eigenvalue weighted by molar-refractivity contribution is 7.10. The van der Waals surface area contributed by atoms with E-state index in [0.717, 1.165) is 11.3 Å². The van der Waals surface area contributed by atoms with E-state index in [1.54, 1.807) is 30.4 Å². The highest BCUT2D eigenvalue weighted by Gasteiger charge is 2.23. The molecular formula is C16H20FNOS. The van der Waals surface area contributed by atoms with Gasteiger partial charge in [0.1, 0.15) is 17.7 Å². The van der Waals surface area contributed by atoms with Gasteiger partial charge >= 0.3 is 0 Å². The summed E-state index contributed by atoms with van der Waals surface area (Å²) in [5.41, 5.74) is 7.96. The van der Waals surface area contributed by atoms with Crippen molar-refractivity contribution in [1.29, 1.82) is 0 Å². The fourth-order valence-electron chi connectivity index (χ4n) is 2.06. The van der Waals surface area contributed by atoms with Crippen molar-refractivity contribution in [3.63, 3.8) is 0 Å². The van der Waals surface area contributed by atoms with E-state index in [1.807, 2.05) is 12.3 Å². The first-order chi connectivity index (χ1) is 9.52. The van der Waals surface area contributed by atoms with Crippen molar-refractivity contribution < 1.29 is 9.13 Å². The SMILES string of the molecule is CCC(N)C(Oc1ccc(F)c(C)c1)c1sccc1C. The molecule has 0 aliphatic heterocycles. The Labute approximate surface area is 123 Å². The summed E-state index contributed by atoms with van der Waals surface area (Å²) in [5, 5.41) is 2.04. The molecule has 2 rings (SSSR count). The zero-order valence-corrected chi connectivity index (χ0v) is 12.8. The summed E-state index contributed by atoms with van der Waals surface area (Å²) in [6, 6.07) is 6.78. The van der Waals surface area contributed by atoms with Crippen molar-refractivity contribution in [1.82, 2.24) is 0 Å². The van der Waals surface area contributed by atoms with Gasteiger partial charge in [-0.3, -0.25) is 0 Å². The Morgan fingerprint density at radius 2 is 2.00 bits per heavy atom. The molecule has 2 unspecified atom stereocenters. The normalized spacial score (nSPS) is 14.1. The van der Waals surface area contributed by atoms with Crippen molar-refractivity contribution in [3.8, 4) is 5.75 Å². The van der Waals surface area contributed by atoms with Crippen LogP contribution in [-0.2, 0) is 0 Å². The molecule has 0 fully saturated rings. The maximum Gasteiger partial charge on any atom is 0.148 e. The largest absolute Gasteiger partial charge is 0.483 e. The van der Waals surface area contributed by atoms with Gasteiger partial charge < -0.3 is 10.5 Å². The predicted molar refractivity (Wildman–Crippen MR) is 81.8 cm³/mol. The van der Waals surface area contributed by atoms with Gasteiger partial charge in [0.25, 0.3) is 0 Å². The van der Waals surface area contributed by atoms with Gasteiger partial charge in [0, 0.05) is 10.9 Å². The number of ether oxygens (including phenoxy) is 1. The van der Waals surface area contributed by atoms with Gasteiger partial charge in [0.2, 0.25) is 0 Å². The summed E-state index contributed by atoms with van der Waals surface area (Å²) >= 11 is 1.65. The summed E-state index contributed by atoms with van der Waals surface area (Å²) in [4.78, 5) is 1.14. The molecule has 2 nitrogen and oxygen atoms in total. The van der Waals surface area contributed by atoms with E-state index in [9.17, 15) is 4.39 Å². The minimum atomic E-state index is -0.221. The van der Waals surface area contributed by atoms with Crippen LogP contribution in [0.4, 0.5) is 4.39 Å². The van der Waals surface area contributed by atoms with Crippen LogP contribution in [0.2, 0.25) is 0 Å². The number of thiophene rings is 1. The molecule has 20 heavy (non-hydrogen) atoms. The van der Waals surface area contributed by atoms with Crippen LogP contribution in [-0.4, -0.2) is 6.04 Å². The number of hydrogen-bond acceptors (Lipinski definition) is 3. The highest BCUT2D eigenvalue weighted by atomic mass is 32.1. The second-order valence-corrected chi connectivity index (χ2v) is 5.94. The van der Waals surface area contributed by atoms with E-state index < -0.39 is 0 Å². The summed E-state index contributed by atoms with van der Waals surface area (Å²) in [6.07, 6.45) is 0.632. The van der Waals surface area contributed by atoms with E-state index in [1.165, 1.54) is 11.6 Å². The molecule has 0 aliphatic carbocycles. The first-order valence-corrected chi connectivity index (χ1v) is 7.63. The topological polar surface area (TPSA) is 35.2 Å². The van der Waals surface area contributed by atoms with Crippen LogP contribution in [0, 0.1) is 19.7 Å². The third kappa shape index (κ3) is 3.19. The smallest absolute Gasteiger partial charge is 0.148 e. The number of halogens is 1. The third-order valence-electron chi connectivity index (χ3n) is 3.41. The Morgan fingerprint density at radius 1 is 1.25 bits per heavy atom. The fraction of sp³-hybridized carbons (Fsp3) is 0.375. The van der Waals surface area contributed by atoms with Crippen LogP contribution in [0.5, 0.6) is 5.75 Å². The summed E-state index contributed by atoms with van der Waals surface area (Å²) < 4.78 is 19.4. The number of benzene rings is 1. The average molecular weight is 293 g/mol. The van der Waals surface area contributed by atoms with Crippen molar-refractivity contribution >= 4 is 11.3 Å². The molecule has 0 amide bonds. The van der Waals surface area contributed by atoms with E-state index in [0.29, 0.717) is 11.3 Å². The van der Waals surface area contributed by atoms with Crippen LogP contribution >= 0.6 is 11.3 Å². The molecule has 2 N–H and O–H groups in total. The number of hydrogen-bond donors (Lipinski definition) is 1. The summed E-state index contributed by atoms with van der Waals surface area (Å²) in [5.74, 6) is 0.437. The number of aryl methyl sites for hydroxylation is 2. The maximum atomic E-state index is 13.3. The molecule has 1 aromatic carbocycles. The highest BCUT2D eigenvalue weighted by Crippen LogP contribution is 2.32. The van der Waals surface area contributed by atoms with Crippen LogP contribution < -0.4 is 10.5 Å². The Kier molecular flexibility index (Phi) is 4.78. The first kappa shape index (κ1) is 15.0. The minimum Gasteiger partial charge on any atom is -0.483 e. The molecule has 1 heterocycles. The molecule has 1 aromatic heterocycles. The Morgan fingerprint density at radius 3 is 2.55 bits per heavy atom. The first-order valence-electron chi connectivity index (χ1n) is 6.75. The zero-order chi connectivity index (χ0) is 14.7. The van der Waals surface area contributed by atoms with Gasteiger partial charge in [-0.05, 0) is 61.0 Å². The van der Waals surface area contributed by atoms with Crippen molar-refractivity contribution in [2.45, 2.75) is 39.3 Å². The van der Waals surface area contributed by atoms with Crippen molar-refractivity contribution in [2.24, 2.45) is 5.73 Å². The van der Waals surface area contributed by atoms with E-state index in [2.05, 4.69) is 13.0 Å². The Hall–Kier alpha value is -1.39. The molecule has 0 aliphatic rings. The van der Waals surface area contributed by atoms with Crippen molar-refractivity contribution in [3.05, 3.63) is 51.5 Å². The standard InChI is InChI=1S/C16H20FNOS/c1-4-14(18)15(16-10(2)7-8-20-16)19-12-5-6-13(17)11(3)9-12/h5-9,14-15H,4,18H2,1-3H3. The average Bonchev–Trinajstić information content (AvgIpc) is 2.85. The predicted octanol–water partition coefficient (Wildman–Crippen LogP) is 4.36. The lowest BCUT2D eigenvalue weighted by Gasteiger charge is -2.24. The molecule has 2 aromatic rings. The van der Waals surface area contributed by atoms with Crippen LogP contribution in [0.25, 0.3) is 0 Å². The van der Waals surface area contributed by atoms with Gasteiger partial charge in [-0.25, -0.2) is 4.39 Å². The van der Waals surface area contributed by atoms with E-state index in [-0.39, 0.29) is 18.0 Å². The molecule has 0 spiro atoms. The molecule has 0 saturated carbocycles. The molecule has 0 bridgehead atoms. The molecule has 0 saturated heterocycles. The van der Waals surface area contributed by atoms with Gasteiger partial charge in [0.05, 0.1) is 0 Å². The van der Waals surface area contributed by atoms with E-state index in [4.69, 9.17) is 10.5 Å². The zero-order valence-electron chi connectivity index (χ0n) is 12.0. The van der Waals surface area contributed by atoms with Crippen LogP contribution in [0.3, 0.4) is 0 Å². The summed E-state index contributed by atoms with van der Waals surface area (Å²) in [7, 11) is 0. The van der Waals surface area contributed by atoms with Crippen LogP contribution in [0.15, 0.2) is 29.6 Å². The second kappa shape index (κ2) is 6.37. The molecule has 0 radical (unpaired) electrons. The third-order valence-corrected chi connectivity index (χ3v) is 4.49. The molecule has 2 atom stereocenters. The molecular weight excluding hydrogens is 273 g/mol. The monoisotopic (exact) mass is 293 g/mol. The molecule has 108 valence electrons.